The molecule has 186 valence electrons. The predicted molar refractivity (Wildman–Crippen MR) is 133 cm³/mol. The molecule has 7 nitrogen and oxygen atoms in total. The topological polar surface area (TPSA) is 82.1 Å². The lowest BCUT2D eigenvalue weighted by Gasteiger charge is -2.31. The number of aryl methyl sites for hydroxylation is 1. The van der Waals surface area contributed by atoms with Gasteiger partial charge in [-0.1, -0.05) is 32.0 Å². The molecule has 2 aromatic rings. The molecule has 0 radical (unpaired) electrons. The molecule has 8 heteroatoms. The van der Waals surface area contributed by atoms with Crippen LogP contribution in [0, 0.1) is 6.92 Å². The van der Waals surface area contributed by atoms with Gasteiger partial charge in [0.05, 0.1) is 25.7 Å². The lowest BCUT2D eigenvalue weighted by molar-refractivity contribution is -0.140. The molecule has 1 saturated heterocycles. The Morgan fingerprint density at radius 2 is 1.74 bits per heavy atom. The number of hydrogen-bond donors (Lipinski definition) is 0. The molecule has 0 N–H and O–H groups in total. The highest BCUT2D eigenvalue weighted by molar-refractivity contribution is 7.91. The van der Waals surface area contributed by atoms with Crippen LogP contribution in [0.3, 0.4) is 0 Å². The molecular weight excluding hydrogens is 454 g/mol. The van der Waals surface area contributed by atoms with Gasteiger partial charge < -0.3 is 19.1 Å². The Morgan fingerprint density at radius 1 is 1.03 bits per heavy atom. The number of methoxy groups -OCH3 is 2. The fourth-order valence-corrected chi connectivity index (χ4v) is 6.01. The largest absolute Gasteiger partial charge is 0.493 e. The van der Waals surface area contributed by atoms with Gasteiger partial charge in [-0.05, 0) is 61.1 Å². The molecule has 1 amide bonds. The first-order valence-electron chi connectivity index (χ1n) is 11.5. The van der Waals surface area contributed by atoms with Gasteiger partial charge in [0.1, 0.15) is 5.75 Å². The zero-order chi connectivity index (χ0) is 25.0. The van der Waals surface area contributed by atoms with Crippen LogP contribution in [0.1, 0.15) is 49.8 Å². The molecule has 1 aliphatic rings. The lowest BCUT2D eigenvalue weighted by Crippen LogP contribution is -2.46. The van der Waals surface area contributed by atoms with Gasteiger partial charge >= 0.3 is 0 Å². The summed E-state index contributed by atoms with van der Waals surface area (Å²) in [6.07, 6.45) is -0.363. The molecule has 2 unspecified atom stereocenters. The summed E-state index contributed by atoms with van der Waals surface area (Å²) in [5.41, 5.74) is 2.89. The monoisotopic (exact) mass is 489 g/mol. The van der Waals surface area contributed by atoms with Crippen molar-refractivity contribution in [1.29, 1.82) is 0 Å². The van der Waals surface area contributed by atoms with Crippen LogP contribution in [0.25, 0.3) is 0 Å². The molecule has 1 aliphatic heterocycles. The van der Waals surface area contributed by atoms with Crippen molar-refractivity contribution in [1.82, 2.24) is 4.90 Å². The van der Waals surface area contributed by atoms with Crippen LogP contribution in [0.2, 0.25) is 0 Å². The number of benzene rings is 2. The normalized spacial score (nSPS) is 17.9. The molecule has 34 heavy (non-hydrogen) atoms. The summed E-state index contributed by atoms with van der Waals surface area (Å²) in [6.45, 7) is 8.11. The number of amides is 1. The second-order valence-corrected chi connectivity index (χ2v) is 11.4. The standard InChI is InChI=1S/C26H35NO6S/c1-17(2)22-9-7-18(3)13-24(22)33-19(4)26(28)27(21-11-12-34(29,30)16-21)15-20-8-10-23(31-5)25(14-20)32-6/h7-10,13-14,17,19,21H,11-12,15-16H2,1-6H3. The summed E-state index contributed by atoms with van der Waals surface area (Å²) in [7, 11) is -0.0616. The van der Waals surface area contributed by atoms with Gasteiger partial charge in [-0.2, -0.15) is 0 Å². The van der Waals surface area contributed by atoms with Crippen LogP contribution in [0.5, 0.6) is 17.2 Å². The summed E-state index contributed by atoms with van der Waals surface area (Å²) in [5.74, 6) is 1.86. The van der Waals surface area contributed by atoms with Crippen molar-refractivity contribution in [3.8, 4) is 17.2 Å². The fourth-order valence-electron chi connectivity index (χ4n) is 4.28. The zero-order valence-electron chi connectivity index (χ0n) is 20.8. The van der Waals surface area contributed by atoms with Crippen LogP contribution in [0.15, 0.2) is 36.4 Å². The van der Waals surface area contributed by atoms with Crippen LogP contribution < -0.4 is 14.2 Å². The van der Waals surface area contributed by atoms with Crippen molar-refractivity contribution in [2.75, 3.05) is 25.7 Å². The van der Waals surface area contributed by atoms with E-state index in [1.165, 1.54) is 0 Å². The van der Waals surface area contributed by atoms with Gasteiger partial charge in [0.25, 0.3) is 5.91 Å². The number of carbonyl (C=O) groups is 1. The Hall–Kier alpha value is -2.74. The number of sulfone groups is 1. The third-order valence-corrected chi connectivity index (χ3v) is 7.93. The number of ether oxygens (including phenoxy) is 3. The summed E-state index contributed by atoms with van der Waals surface area (Å²) in [6, 6.07) is 11.0. The number of rotatable bonds is 9. The molecule has 2 aromatic carbocycles. The smallest absolute Gasteiger partial charge is 0.263 e. The van der Waals surface area contributed by atoms with E-state index >= 15 is 0 Å². The van der Waals surface area contributed by atoms with Crippen LogP contribution >= 0.6 is 0 Å². The summed E-state index contributed by atoms with van der Waals surface area (Å²) in [4.78, 5) is 15.3. The van der Waals surface area contributed by atoms with E-state index in [4.69, 9.17) is 14.2 Å². The fraction of sp³-hybridized carbons (Fsp3) is 0.500. The first-order valence-corrected chi connectivity index (χ1v) is 13.4. The van der Waals surface area contributed by atoms with Crippen molar-refractivity contribution in [3.63, 3.8) is 0 Å². The first kappa shape index (κ1) is 25.9. The van der Waals surface area contributed by atoms with E-state index in [9.17, 15) is 13.2 Å². The third-order valence-electron chi connectivity index (χ3n) is 6.18. The molecule has 0 aromatic heterocycles. The molecule has 0 saturated carbocycles. The minimum Gasteiger partial charge on any atom is -0.493 e. The van der Waals surface area contributed by atoms with Gasteiger partial charge in [-0.3, -0.25) is 4.79 Å². The van der Waals surface area contributed by atoms with Crippen molar-refractivity contribution in [3.05, 3.63) is 53.1 Å². The van der Waals surface area contributed by atoms with Crippen molar-refractivity contribution >= 4 is 15.7 Å². The summed E-state index contributed by atoms with van der Waals surface area (Å²) < 4.78 is 41.3. The maximum absolute atomic E-state index is 13.6. The van der Waals surface area contributed by atoms with E-state index in [1.54, 1.807) is 32.1 Å². The number of nitrogens with zero attached hydrogens (tertiary/aromatic N) is 1. The minimum atomic E-state index is -3.18. The van der Waals surface area contributed by atoms with Crippen molar-refractivity contribution in [2.24, 2.45) is 0 Å². The zero-order valence-corrected chi connectivity index (χ0v) is 21.6. The molecule has 2 atom stereocenters. The maximum atomic E-state index is 13.6. The number of hydrogen-bond acceptors (Lipinski definition) is 6. The number of carbonyl (C=O) groups excluding carboxylic acids is 1. The van der Waals surface area contributed by atoms with Crippen molar-refractivity contribution < 1.29 is 27.4 Å². The Kier molecular flexibility index (Phi) is 8.13. The van der Waals surface area contributed by atoms with Gasteiger partial charge in [-0.15, -0.1) is 0 Å². The van der Waals surface area contributed by atoms with Crippen molar-refractivity contribution in [2.45, 2.75) is 58.7 Å². The van der Waals surface area contributed by atoms with Crippen LogP contribution in [-0.4, -0.2) is 57.1 Å². The highest BCUT2D eigenvalue weighted by Crippen LogP contribution is 2.31. The molecular formula is C26H35NO6S. The average molecular weight is 490 g/mol. The van der Waals surface area contributed by atoms with Gasteiger partial charge in [0.15, 0.2) is 27.4 Å². The van der Waals surface area contributed by atoms with Gasteiger partial charge in [-0.25, -0.2) is 8.42 Å². The first-order chi connectivity index (χ1) is 16.0. The van der Waals surface area contributed by atoms with E-state index < -0.39 is 22.0 Å². The maximum Gasteiger partial charge on any atom is 0.263 e. The second kappa shape index (κ2) is 10.7. The Morgan fingerprint density at radius 3 is 2.32 bits per heavy atom. The second-order valence-electron chi connectivity index (χ2n) is 9.17. The molecule has 0 aliphatic carbocycles. The highest BCUT2D eigenvalue weighted by atomic mass is 32.2. The molecule has 0 spiro atoms. The predicted octanol–water partition coefficient (Wildman–Crippen LogP) is 4.12. The van der Waals surface area contributed by atoms with E-state index in [-0.39, 0.29) is 29.9 Å². The summed E-state index contributed by atoms with van der Waals surface area (Å²) in [5, 5.41) is 0. The SMILES string of the molecule is COc1ccc(CN(C(=O)C(C)Oc2cc(C)ccc2C(C)C)C2CCS(=O)(=O)C2)cc1OC. The quantitative estimate of drug-likeness (QED) is 0.527. The lowest BCUT2D eigenvalue weighted by atomic mass is 10.0. The van der Waals surface area contributed by atoms with E-state index in [2.05, 4.69) is 13.8 Å². The average Bonchev–Trinajstić information content (AvgIpc) is 3.15. The Bertz CT molecular complexity index is 1130. The van der Waals surface area contributed by atoms with Gasteiger partial charge in [0.2, 0.25) is 0 Å². The minimum absolute atomic E-state index is 0.0412. The molecule has 0 bridgehead atoms. The van der Waals surface area contributed by atoms with E-state index in [0.29, 0.717) is 23.7 Å². The van der Waals surface area contributed by atoms with Gasteiger partial charge in [0, 0.05) is 12.6 Å². The third kappa shape index (κ3) is 6.03. The van der Waals surface area contributed by atoms with E-state index in [1.807, 2.05) is 37.3 Å². The van der Waals surface area contributed by atoms with E-state index in [0.717, 1.165) is 16.7 Å². The molecule has 3 rings (SSSR count). The highest BCUT2D eigenvalue weighted by Gasteiger charge is 2.37. The Balaban J connectivity index is 1.89. The molecule has 1 fully saturated rings. The molecule has 1 heterocycles. The van der Waals surface area contributed by atoms with Crippen LogP contribution in [0.4, 0.5) is 0 Å². The summed E-state index contributed by atoms with van der Waals surface area (Å²) >= 11 is 0. The Labute approximate surface area is 202 Å². The van der Waals surface area contributed by atoms with Crippen LogP contribution in [-0.2, 0) is 21.2 Å².